The second-order valence-electron chi connectivity index (χ2n) is 8.42. The second-order valence-corrected chi connectivity index (χ2v) is 8.80. The summed E-state index contributed by atoms with van der Waals surface area (Å²) >= 11 is 5.78. The van der Waals surface area contributed by atoms with Crippen molar-refractivity contribution < 1.29 is 14.2 Å². The first-order chi connectivity index (χ1) is 17.0. The molecule has 7 nitrogen and oxygen atoms in total. The molecule has 1 aromatic heterocycles. The number of aryl methyl sites for hydroxylation is 1. The van der Waals surface area contributed by atoms with Gasteiger partial charge in [0.05, 0.1) is 19.2 Å². The minimum atomic E-state index is -0.172. The van der Waals surface area contributed by atoms with Crippen LogP contribution in [0.2, 0.25) is 0 Å². The SMILES string of the molecule is COc1ccc(CN(Cc2cc3cc4c(cc3[nH]c2=O)OCO4)C(=S)Nc2ccc(C)cc2)cc1. The third-order valence-electron chi connectivity index (χ3n) is 5.90. The maximum Gasteiger partial charge on any atom is 0.253 e. The van der Waals surface area contributed by atoms with Crippen LogP contribution in [0.25, 0.3) is 10.9 Å². The predicted octanol–water partition coefficient (Wildman–Crippen LogP) is 4.97. The van der Waals surface area contributed by atoms with Crippen molar-refractivity contribution in [3.63, 3.8) is 0 Å². The topological polar surface area (TPSA) is 75.8 Å². The molecule has 0 saturated heterocycles. The Labute approximate surface area is 208 Å². The van der Waals surface area contributed by atoms with Crippen LogP contribution in [0.4, 0.5) is 5.69 Å². The fraction of sp³-hybridized carbons (Fsp3) is 0.185. The lowest BCUT2D eigenvalue weighted by atomic mass is 10.1. The standard InChI is InChI=1S/C27H25N3O4S/c1-17-3-7-21(8-4-17)28-27(35)30(14-18-5-9-22(32-2)10-6-18)15-20-11-19-12-24-25(34-16-33-24)13-23(19)29-26(20)31/h3-13H,14-16H2,1-2H3,(H,28,35)(H,29,31). The van der Waals surface area contributed by atoms with Gasteiger partial charge in [0, 0.05) is 29.2 Å². The van der Waals surface area contributed by atoms with Crippen molar-refractivity contribution in [2.24, 2.45) is 0 Å². The average molecular weight is 488 g/mol. The Morgan fingerprint density at radius 1 is 1.03 bits per heavy atom. The third-order valence-corrected chi connectivity index (χ3v) is 6.26. The molecule has 0 saturated carbocycles. The number of ether oxygens (including phenoxy) is 3. The van der Waals surface area contributed by atoms with E-state index in [-0.39, 0.29) is 12.4 Å². The molecule has 0 aliphatic carbocycles. The van der Waals surface area contributed by atoms with Crippen LogP contribution in [-0.2, 0) is 13.1 Å². The molecule has 2 N–H and O–H groups in total. The van der Waals surface area contributed by atoms with E-state index in [1.54, 1.807) is 13.2 Å². The Kier molecular flexibility index (Phi) is 6.29. The molecule has 35 heavy (non-hydrogen) atoms. The first kappa shape index (κ1) is 22.7. The van der Waals surface area contributed by atoms with Crippen molar-refractivity contribution in [1.82, 2.24) is 9.88 Å². The lowest BCUT2D eigenvalue weighted by molar-refractivity contribution is 0.174. The minimum absolute atomic E-state index is 0.172. The summed E-state index contributed by atoms with van der Waals surface area (Å²) in [6, 6.07) is 21.4. The fourth-order valence-electron chi connectivity index (χ4n) is 3.95. The van der Waals surface area contributed by atoms with Gasteiger partial charge in [-0.2, -0.15) is 0 Å². The molecule has 4 aromatic rings. The van der Waals surface area contributed by atoms with Crippen molar-refractivity contribution in [2.45, 2.75) is 20.0 Å². The monoisotopic (exact) mass is 487 g/mol. The van der Waals surface area contributed by atoms with E-state index in [1.165, 1.54) is 5.56 Å². The zero-order chi connectivity index (χ0) is 24.4. The number of benzene rings is 3. The Bertz CT molecular complexity index is 1430. The van der Waals surface area contributed by atoms with Gasteiger partial charge in [-0.1, -0.05) is 29.8 Å². The first-order valence-electron chi connectivity index (χ1n) is 11.2. The van der Waals surface area contributed by atoms with Gasteiger partial charge in [0.25, 0.3) is 5.56 Å². The summed E-state index contributed by atoms with van der Waals surface area (Å²) in [5.41, 5.74) is 4.22. The Hall–Kier alpha value is -4.04. The maximum absolute atomic E-state index is 13.0. The summed E-state index contributed by atoms with van der Waals surface area (Å²) < 4.78 is 16.2. The van der Waals surface area contributed by atoms with Crippen molar-refractivity contribution in [2.75, 3.05) is 19.2 Å². The number of methoxy groups -OCH3 is 1. The highest BCUT2D eigenvalue weighted by Gasteiger charge is 2.18. The Balaban J connectivity index is 1.45. The van der Waals surface area contributed by atoms with Gasteiger partial charge in [0.15, 0.2) is 16.6 Å². The molecule has 178 valence electrons. The largest absolute Gasteiger partial charge is 0.497 e. The maximum atomic E-state index is 13.0. The Morgan fingerprint density at radius 3 is 2.46 bits per heavy atom. The Morgan fingerprint density at radius 2 is 1.74 bits per heavy atom. The number of hydrogen-bond donors (Lipinski definition) is 2. The lowest BCUT2D eigenvalue weighted by Crippen LogP contribution is -2.35. The van der Waals surface area contributed by atoms with Crippen LogP contribution < -0.4 is 25.1 Å². The van der Waals surface area contributed by atoms with E-state index in [4.69, 9.17) is 26.4 Å². The smallest absolute Gasteiger partial charge is 0.253 e. The number of aromatic amines is 1. The summed E-state index contributed by atoms with van der Waals surface area (Å²) in [5.74, 6) is 2.08. The summed E-state index contributed by atoms with van der Waals surface area (Å²) in [5, 5.41) is 4.70. The molecule has 0 amide bonds. The summed E-state index contributed by atoms with van der Waals surface area (Å²) in [7, 11) is 1.64. The number of anilines is 1. The van der Waals surface area contributed by atoms with Gasteiger partial charge in [0.1, 0.15) is 5.75 Å². The third kappa shape index (κ3) is 5.07. The minimum Gasteiger partial charge on any atom is -0.497 e. The van der Waals surface area contributed by atoms with Crippen LogP contribution in [0.3, 0.4) is 0 Å². The summed E-state index contributed by atoms with van der Waals surface area (Å²) in [6.45, 7) is 3.05. The molecular weight excluding hydrogens is 462 g/mol. The molecule has 1 aliphatic heterocycles. The number of pyridine rings is 1. The zero-order valence-electron chi connectivity index (χ0n) is 19.5. The highest BCUT2D eigenvalue weighted by atomic mass is 32.1. The normalized spacial score (nSPS) is 11.9. The quantitative estimate of drug-likeness (QED) is 0.372. The number of nitrogens with zero attached hydrogens (tertiary/aromatic N) is 1. The molecular formula is C27H25N3O4S. The number of aromatic nitrogens is 1. The van der Waals surface area contributed by atoms with Crippen molar-refractivity contribution in [1.29, 1.82) is 0 Å². The van der Waals surface area contributed by atoms with Crippen molar-refractivity contribution >= 4 is 33.9 Å². The molecule has 8 heteroatoms. The number of H-pyrrole nitrogens is 1. The second kappa shape index (κ2) is 9.68. The van der Waals surface area contributed by atoms with Gasteiger partial charge in [0.2, 0.25) is 6.79 Å². The highest BCUT2D eigenvalue weighted by molar-refractivity contribution is 7.80. The van der Waals surface area contributed by atoms with Crippen molar-refractivity contribution in [3.8, 4) is 17.2 Å². The first-order valence-corrected chi connectivity index (χ1v) is 11.6. The molecule has 5 rings (SSSR count). The zero-order valence-corrected chi connectivity index (χ0v) is 20.3. The number of rotatable bonds is 6. The number of hydrogen-bond acceptors (Lipinski definition) is 5. The molecule has 0 bridgehead atoms. The van der Waals surface area contributed by atoms with Gasteiger partial charge in [-0.05, 0) is 61.1 Å². The van der Waals surface area contributed by atoms with E-state index in [9.17, 15) is 4.79 Å². The van der Waals surface area contributed by atoms with Crippen LogP contribution in [0, 0.1) is 6.92 Å². The van der Waals surface area contributed by atoms with E-state index >= 15 is 0 Å². The van der Waals surface area contributed by atoms with Gasteiger partial charge in [-0.3, -0.25) is 4.79 Å². The number of fused-ring (bicyclic) bond motifs is 2. The van der Waals surface area contributed by atoms with Crippen LogP contribution in [-0.4, -0.2) is 28.9 Å². The van der Waals surface area contributed by atoms with E-state index < -0.39 is 0 Å². The number of thiocarbonyl (C=S) groups is 1. The van der Waals surface area contributed by atoms with Gasteiger partial charge < -0.3 is 29.4 Å². The van der Waals surface area contributed by atoms with Gasteiger partial charge in [-0.15, -0.1) is 0 Å². The van der Waals surface area contributed by atoms with Crippen molar-refractivity contribution in [3.05, 3.63) is 93.8 Å². The molecule has 1 aliphatic rings. The van der Waals surface area contributed by atoms with E-state index in [2.05, 4.69) is 10.3 Å². The summed E-state index contributed by atoms with van der Waals surface area (Å²) in [4.78, 5) is 17.9. The van der Waals surface area contributed by atoms with Crippen LogP contribution in [0.1, 0.15) is 16.7 Å². The molecule has 0 radical (unpaired) electrons. The predicted molar refractivity (Wildman–Crippen MR) is 140 cm³/mol. The molecule has 0 fully saturated rings. The summed E-state index contributed by atoms with van der Waals surface area (Å²) in [6.07, 6.45) is 0. The number of nitrogens with one attached hydrogen (secondary N) is 2. The molecule has 2 heterocycles. The van der Waals surface area contributed by atoms with E-state index in [0.717, 1.165) is 22.4 Å². The lowest BCUT2D eigenvalue weighted by Gasteiger charge is -2.26. The van der Waals surface area contributed by atoms with Gasteiger partial charge in [-0.25, -0.2) is 0 Å². The van der Waals surface area contributed by atoms with Crippen LogP contribution in [0.5, 0.6) is 17.2 Å². The van der Waals surface area contributed by atoms with E-state index in [1.807, 2.05) is 72.5 Å². The molecule has 0 unspecified atom stereocenters. The van der Waals surface area contributed by atoms with Crippen LogP contribution >= 0.6 is 12.2 Å². The van der Waals surface area contributed by atoms with Gasteiger partial charge >= 0.3 is 0 Å². The molecule has 3 aromatic carbocycles. The highest BCUT2D eigenvalue weighted by Crippen LogP contribution is 2.35. The van der Waals surface area contributed by atoms with E-state index in [0.29, 0.717) is 40.8 Å². The average Bonchev–Trinajstić information content (AvgIpc) is 3.31. The molecule has 0 spiro atoms. The molecule has 0 atom stereocenters. The fourth-order valence-corrected chi connectivity index (χ4v) is 4.20. The van der Waals surface area contributed by atoms with Crippen LogP contribution in [0.15, 0.2) is 71.5 Å².